The topological polar surface area (TPSA) is 121 Å². The molecule has 0 saturated carbocycles. The van der Waals surface area contributed by atoms with Crippen molar-refractivity contribution >= 4 is 172 Å². The van der Waals surface area contributed by atoms with Gasteiger partial charge in [0, 0.05) is 172 Å². The fourth-order valence-electron chi connectivity index (χ4n) is 2.46. The van der Waals surface area contributed by atoms with Gasteiger partial charge in [0.15, 0.2) is 4.99 Å². The van der Waals surface area contributed by atoms with Gasteiger partial charge in [0.2, 0.25) is 0 Å². The molecule has 7 nitrogen and oxygen atoms in total. The second-order valence-electron chi connectivity index (χ2n) is 5.81. The number of ether oxygens (including phenoxy) is 1. The Morgan fingerprint density at radius 1 is 0.967 bits per heavy atom. The Hall–Kier alpha value is 3.07. The standard InChI is InChI=1S/C16H17F2O7PS.3K/c17-12-8-13(18)10-15(9-12)25-14-5-1-3-11(7-14)4-2-6-16(26(19,20)21)27(22,23)24;;;/h1,3,5,7-10,16H,2,4,6H2,(H2,19,20,21)(H,22,23,24);;;. The van der Waals surface area contributed by atoms with Crippen LogP contribution in [0.25, 0.3) is 0 Å². The maximum atomic E-state index is 13.2. The first kappa shape index (κ1) is 35.2. The van der Waals surface area contributed by atoms with Crippen molar-refractivity contribution in [3.8, 4) is 11.5 Å². The van der Waals surface area contributed by atoms with Gasteiger partial charge in [0.25, 0.3) is 10.1 Å². The SMILES string of the molecule is O=P(O)(O)C(CCCc1cccc(Oc2cc(F)cc(F)c2)c1)S(=O)(=O)O.[K].[K].[K]. The van der Waals surface area contributed by atoms with E-state index >= 15 is 0 Å². The fourth-order valence-corrected chi connectivity index (χ4v) is 4.83. The van der Waals surface area contributed by atoms with Gasteiger partial charge in [-0.2, -0.15) is 8.42 Å². The minimum absolute atomic E-state index is 0. The second kappa shape index (κ2) is 15.9. The van der Waals surface area contributed by atoms with Crippen molar-refractivity contribution in [3.63, 3.8) is 0 Å². The number of hydrogen-bond donors (Lipinski definition) is 3. The van der Waals surface area contributed by atoms with Gasteiger partial charge in [-0.25, -0.2) is 8.78 Å². The van der Waals surface area contributed by atoms with Gasteiger partial charge >= 0.3 is 7.60 Å². The Morgan fingerprint density at radius 3 is 2.03 bits per heavy atom. The number of rotatable bonds is 8. The molecule has 14 heteroatoms. The molecular formula is C16H17F2K3O7PS. The predicted molar refractivity (Wildman–Crippen MR) is 110 cm³/mol. The fraction of sp³-hybridized carbons (Fsp3) is 0.250. The van der Waals surface area contributed by atoms with Gasteiger partial charge in [-0.1, -0.05) is 12.1 Å². The van der Waals surface area contributed by atoms with Crippen molar-refractivity contribution in [1.82, 2.24) is 0 Å². The molecule has 1 atom stereocenters. The van der Waals surface area contributed by atoms with E-state index in [4.69, 9.17) is 19.1 Å². The molecule has 151 valence electrons. The predicted octanol–water partition coefficient (Wildman–Crippen LogP) is 2.33. The Bertz CT molecular complexity index is 953. The third kappa shape index (κ3) is 12.7. The van der Waals surface area contributed by atoms with Crippen molar-refractivity contribution in [2.45, 2.75) is 24.3 Å². The summed E-state index contributed by atoms with van der Waals surface area (Å²) >= 11 is 0. The molecule has 0 bridgehead atoms. The van der Waals surface area contributed by atoms with Gasteiger partial charge < -0.3 is 14.5 Å². The molecule has 0 amide bonds. The van der Waals surface area contributed by atoms with Crippen LogP contribution in [0.5, 0.6) is 11.5 Å². The molecule has 0 aliphatic heterocycles. The molecule has 0 saturated heterocycles. The van der Waals surface area contributed by atoms with E-state index in [9.17, 15) is 21.8 Å². The molecule has 0 aliphatic rings. The molecule has 30 heavy (non-hydrogen) atoms. The summed E-state index contributed by atoms with van der Waals surface area (Å²) in [7, 11) is -9.91. The van der Waals surface area contributed by atoms with Crippen molar-refractivity contribution in [2.24, 2.45) is 0 Å². The van der Waals surface area contributed by atoms with Crippen LogP contribution in [0.2, 0.25) is 0 Å². The van der Waals surface area contributed by atoms with Gasteiger partial charge in [-0.15, -0.1) is 0 Å². The maximum absolute atomic E-state index is 13.2. The first-order chi connectivity index (χ1) is 12.4. The zero-order chi connectivity index (χ0) is 20.2. The first-order valence-corrected chi connectivity index (χ1v) is 10.9. The van der Waals surface area contributed by atoms with Crippen LogP contribution in [0.3, 0.4) is 0 Å². The van der Waals surface area contributed by atoms with Gasteiger partial charge in [-0.3, -0.25) is 9.12 Å². The normalized spacial score (nSPS) is 12.0. The number of halogens is 2. The van der Waals surface area contributed by atoms with Crippen LogP contribution in [0.1, 0.15) is 18.4 Å². The molecule has 1 unspecified atom stereocenters. The smallest absolute Gasteiger partial charge is 0.346 e. The van der Waals surface area contributed by atoms with Crippen molar-refractivity contribution in [2.75, 3.05) is 0 Å². The van der Waals surface area contributed by atoms with E-state index in [-0.39, 0.29) is 178 Å². The van der Waals surface area contributed by atoms with E-state index in [1.165, 1.54) is 0 Å². The van der Waals surface area contributed by atoms with Crippen molar-refractivity contribution in [1.29, 1.82) is 0 Å². The molecule has 3 radical (unpaired) electrons. The maximum Gasteiger partial charge on any atom is 0.346 e. The van der Waals surface area contributed by atoms with Crippen LogP contribution >= 0.6 is 7.60 Å². The van der Waals surface area contributed by atoms with E-state index in [0.717, 1.165) is 12.1 Å². The van der Waals surface area contributed by atoms with Crippen LogP contribution in [-0.4, -0.2) is 182 Å². The summed E-state index contributed by atoms with van der Waals surface area (Å²) in [5.41, 5.74) is 0.643. The van der Waals surface area contributed by atoms with Crippen molar-refractivity contribution in [3.05, 3.63) is 59.7 Å². The molecule has 0 spiro atoms. The molecule has 0 heterocycles. The third-order valence-electron chi connectivity index (χ3n) is 3.61. The summed E-state index contributed by atoms with van der Waals surface area (Å²) in [6, 6.07) is 9.07. The summed E-state index contributed by atoms with van der Waals surface area (Å²) in [6.07, 6.45) is -0.141. The minimum atomic E-state index is -5.02. The van der Waals surface area contributed by atoms with Crippen LogP contribution in [0.4, 0.5) is 8.78 Å². The largest absolute Gasteiger partial charge is 0.457 e. The molecule has 2 rings (SSSR count). The third-order valence-corrected chi connectivity index (χ3v) is 7.16. The summed E-state index contributed by atoms with van der Waals surface area (Å²) < 4.78 is 74.2. The van der Waals surface area contributed by atoms with E-state index in [2.05, 4.69) is 0 Å². The number of hydrogen-bond acceptors (Lipinski definition) is 4. The number of aryl methyl sites for hydroxylation is 1. The quantitative estimate of drug-likeness (QED) is 0.268. The van der Waals surface area contributed by atoms with E-state index < -0.39 is 40.8 Å². The van der Waals surface area contributed by atoms with Crippen LogP contribution in [-0.2, 0) is 21.1 Å². The summed E-state index contributed by atoms with van der Waals surface area (Å²) in [6.45, 7) is 0. The summed E-state index contributed by atoms with van der Waals surface area (Å²) in [5, 5.41) is 0. The molecule has 3 N–H and O–H groups in total. The van der Waals surface area contributed by atoms with E-state index in [0.29, 0.717) is 11.6 Å². The zero-order valence-corrected chi connectivity index (χ0v) is 27.9. The van der Waals surface area contributed by atoms with Crippen molar-refractivity contribution < 1.29 is 40.8 Å². The van der Waals surface area contributed by atoms with E-state index in [1.54, 1.807) is 24.3 Å². The summed E-state index contributed by atoms with van der Waals surface area (Å²) in [4.78, 5) is 15.9. The Kier molecular flexibility index (Phi) is 18.7. The minimum Gasteiger partial charge on any atom is -0.457 e. The molecule has 2 aromatic rings. The average Bonchev–Trinajstić information content (AvgIpc) is 2.48. The molecule has 0 fully saturated rings. The molecule has 0 aromatic heterocycles. The van der Waals surface area contributed by atoms with Crippen LogP contribution < -0.4 is 4.74 Å². The van der Waals surface area contributed by atoms with E-state index in [1.807, 2.05) is 0 Å². The zero-order valence-electron chi connectivity index (χ0n) is 16.8. The Morgan fingerprint density at radius 2 is 1.53 bits per heavy atom. The van der Waals surface area contributed by atoms with Gasteiger partial charge in [0.1, 0.15) is 23.1 Å². The van der Waals surface area contributed by atoms with Gasteiger partial charge in [-0.05, 0) is 37.0 Å². The molecule has 0 aliphatic carbocycles. The monoisotopic (exact) mass is 539 g/mol. The Labute approximate surface area is 301 Å². The second-order valence-corrected chi connectivity index (χ2v) is 9.56. The average molecular weight is 540 g/mol. The molecular weight excluding hydrogens is 523 g/mol. The van der Waals surface area contributed by atoms with Crippen LogP contribution in [0.15, 0.2) is 42.5 Å². The van der Waals surface area contributed by atoms with Crippen LogP contribution in [0, 0.1) is 11.6 Å². The van der Waals surface area contributed by atoms with Gasteiger partial charge in [0.05, 0.1) is 0 Å². The molecule has 2 aromatic carbocycles. The number of benzene rings is 2. The summed E-state index contributed by atoms with van der Waals surface area (Å²) in [5.74, 6) is -1.36. The first-order valence-electron chi connectivity index (χ1n) is 7.69. The Balaban J connectivity index is 0.